The van der Waals surface area contributed by atoms with Crippen molar-refractivity contribution in [3.05, 3.63) is 48.5 Å². The maximum atomic E-state index is 13.0. The van der Waals surface area contributed by atoms with Crippen LogP contribution in [-0.4, -0.2) is 35.1 Å². The fourth-order valence-electron chi connectivity index (χ4n) is 3.36. The van der Waals surface area contributed by atoms with Gasteiger partial charge in [0, 0.05) is 29.0 Å². The lowest BCUT2D eigenvalue weighted by Crippen LogP contribution is -2.45. The summed E-state index contributed by atoms with van der Waals surface area (Å²) in [6.07, 6.45) is 0.927. The molecule has 2 amide bonds. The Morgan fingerprint density at radius 2 is 1.71 bits per heavy atom. The highest BCUT2D eigenvalue weighted by Gasteiger charge is 2.36. The van der Waals surface area contributed by atoms with Crippen LogP contribution in [-0.2, 0) is 9.53 Å². The van der Waals surface area contributed by atoms with Gasteiger partial charge in [-0.05, 0) is 45.7 Å². The molecule has 1 heterocycles. The second kappa shape index (κ2) is 7.92. The molecule has 1 fully saturated rings. The number of nitrogens with zero attached hydrogens (tertiary/aromatic N) is 1. The number of hydrogen-bond acceptors (Lipinski definition) is 4. The lowest BCUT2D eigenvalue weighted by atomic mass is 10.0. The Kier molecular flexibility index (Phi) is 5.58. The maximum absolute atomic E-state index is 13.0. The molecule has 6 heteroatoms. The minimum atomic E-state index is -0.599. The maximum Gasteiger partial charge on any atom is 0.410 e. The predicted octanol–water partition coefficient (Wildman–Crippen LogP) is 4.27. The fraction of sp³-hybridized carbons (Fsp3) is 0.364. The van der Waals surface area contributed by atoms with Gasteiger partial charge in [-0.25, -0.2) is 4.79 Å². The predicted molar refractivity (Wildman–Crippen MR) is 111 cm³/mol. The zero-order valence-corrected chi connectivity index (χ0v) is 16.6. The first-order valence-corrected chi connectivity index (χ1v) is 9.50. The quantitative estimate of drug-likeness (QED) is 0.778. The van der Waals surface area contributed by atoms with Gasteiger partial charge in [-0.3, -0.25) is 9.69 Å². The average Bonchev–Trinajstić information content (AvgIpc) is 3.11. The lowest BCUT2D eigenvalue weighted by Gasteiger charge is -2.28. The summed E-state index contributed by atoms with van der Waals surface area (Å²) >= 11 is 0. The molecule has 0 saturated carbocycles. The van der Waals surface area contributed by atoms with Gasteiger partial charge in [-0.1, -0.05) is 36.4 Å². The van der Waals surface area contributed by atoms with E-state index in [0.29, 0.717) is 24.3 Å². The van der Waals surface area contributed by atoms with E-state index >= 15 is 0 Å². The van der Waals surface area contributed by atoms with Crippen LogP contribution in [0.4, 0.5) is 16.2 Å². The summed E-state index contributed by atoms with van der Waals surface area (Å²) in [5.74, 6) is -0.217. The summed E-state index contributed by atoms with van der Waals surface area (Å²) in [6.45, 7) is 5.96. The van der Waals surface area contributed by atoms with E-state index < -0.39 is 17.7 Å². The normalized spacial score (nSPS) is 16.7. The van der Waals surface area contributed by atoms with Gasteiger partial charge in [0.2, 0.25) is 5.91 Å². The van der Waals surface area contributed by atoms with Crippen molar-refractivity contribution in [1.82, 2.24) is 4.90 Å². The van der Waals surface area contributed by atoms with E-state index in [9.17, 15) is 9.59 Å². The van der Waals surface area contributed by atoms with Crippen molar-refractivity contribution in [3.63, 3.8) is 0 Å². The number of rotatable bonds is 3. The van der Waals surface area contributed by atoms with Crippen LogP contribution in [0, 0.1) is 0 Å². The number of hydrogen-bond donors (Lipinski definition) is 2. The second-order valence-electron chi connectivity index (χ2n) is 7.95. The number of likely N-dealkylation sites (tertiary alicyclic amines) is 1. The van der Waals surface area contributed by atoms with E-state index in [1.54, 1.807) is 0 Å². The molecule has 1 aliphatic heterocycles. The minimum absolute atomic E-state index is 0.217. The summed E-state index contributed by atoms with van der Waals surface area (Å²) in [7, 11) is 0. The summed E-state index contributed by atoms with van der Waals surface area (Å²) in [5, 5.41) is 2.98. The Hall–Kier alpha value is -3.02. The van der Waals surface area contributed by atoms with E-state index in [2.05, 4.69) is 5.32 Å². The van der Waals surface area contributed by atoms with Crippen LogP contribution in [0.2, 0.25) is 0 Å². The van der Waals surface area contributed by atoms with Crippen LogP contribution in [0.25, 0.3) is 11.1 Å². The third-order valence-electron chi connectivity index (χ3n) is 4.62. The molecular weight excluding hydrogens is 354 g/mol. The van der Waals surface area contributed by atoms with Gasteiger partial charge in [0.15, 0.2) is 0 Å². The molecule has 0 aromatic heterocycles. The molecule has 2 aromatic carbocycles. The molecule has 1 saturated heterocycles. The average molecular weight is 381 g/mol. The molecule has 0 spiro atoms. The standard InChI is InChI=1S/C22H27N3O3/c1-22(2,3)28-21(27)25-14-8-13-19(25)20(26)24-18-12-7-5-10-16(18)15-9-4-6-11-17(15)23/h4-7,9-12,19H,8,13-14,23H2,1-3H3,(H,24,26)/t19-/m0/s1. The lowest BCUT2D eigenvalue weighted by molar-refractivity contribution is -0.120. The van der Waals surface area contributed by atoms with Crippen LogP contribution in [0.5, 0.6) is 0 Å². The van der Waals surface area contributed by atoms with Crippen molar-refractivity contribution in [3.8, 4) is 11.1 Å². The van der Waals surface area contributed by atoms with Crippen molar-refractivity contribution in [2.75, 3.05) is 17.6 Å². The molecule has 0 aliphatic carbocycles. The Morgan fingerprint density at radius 3 is 2.39 bits per heavy atom. The first kappa shape index (κ1) is 19.7. The number of amides is 2. The first-order chi connectivity index (χ1) is 13.3. The van der Waals surface area contributed by atoms with Gasteiger partial charge < -0.3 is 15.8 Å². The van der Waals surface area contributed by atoms with Crippen LogP contribution < -0.4 is 11.1 Å². The number of nitrogens with one attached hydrogen (secondary N) is 1. The van der Waals surface area contributed by atoms with Gasteiger partial charge in [0.1, 0.15) is 11.6 Å². The smallest absolute Gasteiger partial charge is 0.410 e. The molecule has 3 N–H and O–H groups in total. The van der Waals surface area contributed by atoms with Crippen molar-refractivity contribution >= 4 is 23.4 Å². The van der Waals surface area contributed by atoms with E-state index in [4.69, 9.17) is 10.5 Å². The van der Waals surface area contributed by atoms with Crippen LogP contribution in [0.3, 0.4) is 0 Å². The van der Waals surface area contributed by atoms with Crippen molar-refractivity contribution < 1.29 is 14.3 Å². The largest absolute Gasteiger partial charge is 0.444 e. The van der Waals surface area contributed by atoms with Crippen LogP contribution in [0.1, 0.15) is 33.6 Å². The number of ether oxygens (including phenoxy) is 1. The SMILES string of the molecule is CC(C)(C)OC(=O)N1CCC[C@H]1C(=O)Nc1ccccc1-c1ccccc1N. The molecule has 3 rings (SSSR count). The number of benzene rings is 2. The second-order valence-corrected chi connectivity index (χ2v) is 7.95. The van der Waals surface area contributed by atoms with Gasteiger partial charge in [0.05, 0.1) is 0 Å². The van der Waals surface area contributed by atoms with Gasteiger partial charge in [-0.2, -0.15) is 0 Å². The molecule has 0 radical (unpaired) electrons. The first-order valence-electron chi connectivity index (χ1n) is 9.50. The highest BCUT2D eigenvalue weighted by atomic mass is 16.6. The molecule has 28 heavy (non-hydrogen) atoms. The topological polar surface area (TPSA) is 84.7 Å². The third-order valence-corrected chi connectivity index (χ3v) is 4.62. The molecule has 148 valence electrons. The number of nitrogen functional groups attached to an aromatic ring is 1. The van der Waals surface area contributed by atoms with E-state index in [1.807, 2.05) is 69.3 Å². The van der Waals surface area contributed by atoms with Crippen molar-refractivity contribution in [2.24, 2.45) is 0 Å². The number of nitrogens with two attached hydrogens (primary N) is 1. The number of anilines is 2. The molecular formula is C22H27N3O3. The Morgan fingerprint density at radius 1 is 1.07 bits per heavy atom. The zero-order valence-electron chi connectivity index (χ0n) is 16.6. The zero-order chi connectivity index (χ0) is 20.3. The van der Waals surface area contributed by atoms with E-state index in [0.717, 1.165) is 17.5 Å². The molecule has 0 bridgehead atoms. The van der Waals surface area contributed by atoms with E-state index in [1.165, 1.54) is 4.90 Å². The highest BCUT2D eigenvalue weighted by molar-refractivity contribution is 6.00. The Bertz CT molecular complexity index is 873. The number of carbonyl (C=O) groups is 2. The minimum Gasteiger partial charge on any atom is -0.444 e. The summed E-state index contributed by atoms with van der Waals surface area (Å²) in [5.41, 5.74) is 8.52. The summed E-state index contributed by atoms with van der Waals surface area (Å²) < 4.78 is 5.45. The van der Waals surface area contributed by atoms with Gasteiger partial charge >= 0.3 is 6.09 Å². The van der Waals surface area contributed by atoms with Gasteiger partial charge in [0.25, 0.3) is 0 Å². The van der Waals surface area contributed by atoms with Gasteiger partial charge in [-0.15, -0.1) is 0 Å². The molecule has 2 aromatic rings. The molecule has 6 nitrogen and oxygen atoms in total. The molecule has 0 unspecified atom stereocenters. The Balaban J connectivity index is 1.80. The third kappa shape index (κ3) is 4.44. The van der Waals surface area contributed by atoms with E-state index in [-0.39, 0.29) is 5.91 Å². The Labute approximate surface area is 165 Å². The van der Waals surface area contributed by atoms with Crippen LogP contribution >= 0.6 is 0 Å². The van der Waals surface area contributed by atoms with Crippen molar-refractivity contribution in [1.29, 1.82) is 0 Å². The van der Waals surface area contributed by atoms with Crippen LogP contribution in [0.15, 0.2) is 48.5 Å². The monoisotopic (exact) mass is 381 g/mol. The highest BCUT2D eigenvalue weighted by Crippen LogP contribution is 2.32. The molecule has 1 atom stereocenters. The van der Waals surface area contributed by atoms with Crippen molar-refractivity contribution in [2.45, 2.75) is 45.3 Å². The summed E-state index contributed by atoms with van der Waals surface area (Å²) in [6, 6.07) is 14.5. The molecule has 1 aliphatic rings. The fourth-order valence-corrected chi connectivity index (χ4v) is 3.36. The number of carbonyl (C=O) groups excluding carboxylic acids is 2. The summed E-state index contributed by atoms with van der Waals surface area (Å²) in [4.78, 5) is 27.0. The number of para-hydroxylation sites is 2.